The van der Waals surface area contributed by atoms with Crippen molar-refractivity contribution in [2.24, 2.45) is 0 Å². The summed E-state index contributed by atoms with van der Waals surface area (Å²) in [4.78, 5) is -0.0798. The van der Waals surface area contributed by atoms with E-state index in [1.165, 1.54) is 0 Å². The number of nitriles is 1. The topological polar surface area (TPSA) is 57.9 Å². The van der Waals surface area contributed by atoms with Crippen molar-refractivity contribution < 1.29 is 8.42 Å². The van der Waals surface area contributed by atoms with Crippen LogP contribution in [0.4, 0.5) is 0 Å². The molecule has 0 saturated heterocycles. The lowest BCUT2D eigenvalue weighted by Gasteiger charge is -2.06. The number of rotatable bonds is 2. The van der Waals surface area contributed by atoms with E-state index in [0.29, 0.717) is 5.56 Å². The van der Waals surface area contributed by atoms with E-state index in [2.05, 4.69) is 0 Å². The largest absolute Gasteiger partial charge is 0.262 e. The lowest BCUT2D eigenvalue weighted by Crippen LogP contribution is -2.00. The van der Waals surface area contributed by atoms with Crippen LogP contribution in [-0.4, -0.2) is 8.42 Å². The minimum absolute atomic E-state index is 0.0798. The number of hydrogen-bond acceptors (Lipinski definition) is 3. The summed E-state index contributed by atoms with van der Waals surface area (Å²) in [5.74, 6) is 0. The van der Waals surface area contributed by atoms with Gasteiger partial charge in [0.1, 0.15) is 11.0 Å². The van der Waals surface area contributed by atoms with Gasteiger partial charge in [-0.3, -0.25) is 0 Å². The van der Waals surface area contributed by atoms with Crippen LogP contribution in [0.3, 0.4) is 0 Å². The van der Waals surface area contributed by atoms with Gasteiger partial charge in [-0.25, -0.2) is 8.42 Å². The highest BCUT2D eigenvalue weighted by Crippen LogP contribution is 2.25. The molecule has 1 rings (SSSR count). The van der Waals surface area contributed by atoms with Crippen molar-refractivity contribution in [2.75, 3.05) is 0 Å². The van der Waals surface area contributed by atoms with Crippen molar-refractivity contribution in [1.29, 1.82) is 5.26 Å². The first-order valence-electron chi connectivity index (χ1n) is 4.38. The Morgan fingerprint density at radius 1 is 1.47 bits per heavy atom. The maximum absolute atomic E-state index is 11.2. The van der Waals surface area contributed by atoms with E-state index < -0.39 is 9.05 Å². The van der Waals surface area contributed by atoms with Gasteiger partial charge in [0, 0.05) is 10.7 Å². The third-order valence-electron chi connectivity index (χ3n) is 2.11. The summed E-state index contributed by atoms with van der Waals surface area (Å²) >= 11 is 0. The summed E-state index contributed by atoms with van der Waals surface area (Å²) in [5, 5.41) is 8.85. The molecule has 0 aliphatic rings. The molecule has 0 saturated carbocycles. The van der Waals surface area contributed by atoms with Gasteiger partial charge < -0.3 is 0 Å². The molecule has 0 radical (unpaired) electrons. The maximum atomic E-state index is 11.2. The molecule has 5 heteroatoms. The van der Waals surface area contributed by atoms with Crippen molar-refractivity contribution in [3.05, 3.63) is 28.8 Å². The quantitative estimate of drug-likeness (QED) is 0.750. The molecule has 0 unspecified atom stereocenters. The molecule has 1 aromatic carbocycles. The molecule has 0 spiro atoms. The number of nitrogens with zero attached hydrogens (tertiary/aromatic N) is 1. The van der Waals surface area contributed by atoms with Gasteiger partial charge in [-0.1, -0.05) is 13.0 Å². The van der Waals surface area contributed by atoms with E-state index in [4.69, 9.17) is 15.9 Å². The SMILES string of the molecule is CCc1cc(C)c(S(=O)(=O)Cl)c(C#N)c1. The van der Waals surface area contributed by atoms with Gasteiger partial charge in [-0.05, 0) is 30.5 Å². The van der Waals surface area contributed by atoms with Crippen LogP contribution < -0.4 is 0 Å². The maximum Gasteiger partial charge on any atom is 0.262 e. The molecule has 0 fully saturated rings. The van der Waals surface area contributed by atoms with Crippen LogP contribution >= 0.6 is 10.7 Å². The van der Waals surface area contributed by atoms with Crippen molar-refractivity contribution in [3.8, 4) is 6.07 Å². The van der Waals surface area contributed by atoms with Crippen molar-refractivity contribution in [3.63, 3.8) is 0 Å². The van der Waals surface area contributed by atoms with Crippen LogP contribution in [0, 0.1) is 18.3 Å². The first-order chi connectivity index (χ1) is 6.90. The zero-order chi connectivity index (χ0) is 11.6. The Labute approximate surface area is 93.7 Å². The van der Waals surface area contributed by atoms with Crippen LogP contribution in [0.5, 0.6) is 0 Å². The van der Waals surface area contributed by atoms with Crippen molar-refractivity contribution in [2.45, 2.75) is 25.2 Å². The Balaban J connectivity index is 3.61. The summed E-state index contributed by atoms with van der Waals surface area (Å²) in [6.07, 6.45) is 0.748. The van der Waals surface area contributed by atoms with Gasteiger partial charge in [0.15, 0.2) is 0 Å². The highest BCUT2D eigenvalue weighted by atomic mass is 35.7. The predicted molar refractivity (Wildman–Crippen MR) is 58.3 cm³/mol. The molecule has 1 aromatic rings. The van der Waals surface area contributed by atoms with Crippen LogP contribution in [-0.2, 0) is 15.5 Å². The fourth-order valence-electron chi connectivity index (χ4n) is 1.46. The third-order valence-corrected chi connectivity index (χ3v) is 3.60. The fraction of sp³-hybridized carbons (Fsp3) is 0.300. The first-order valence-corrected chi connectivity index (χ1v) is 6.69. The van der Waals surface area contributed by atoms with Crippen LogP contribution in [0.25, 0.3) is 0 Å². The molecule has 0 aliphatic heterocycles. The fourth-order valence-corrected chi connectivity index (χ4v) is 2.88. The average molecular weight is 244 g/mol. The summed E-state index contributed by atoms with van der Waals surface area (Å²) in [6, 6.07) is 5.14. The first kappa shape index (κ1) is 12.0. The van der Waals surface area contributed by atoms with E-state index in [-0.39, 0.29) is 10.5 Å². The molecular weight excluding hydrogens is 234 g/mol. The number of halogens is 1. The summed E-state index contributed by atoms with van der Waals surface area (Å²) < 4.78 is 22.5. The standard InChI is InChI=1S/C10H10ClNO2S/c1-3-8-4-7(2)10(15(11,13)14)9(5-8)6-12/h4-5H,3H2,1-2H3. The zero-order valence-corrected chi connectivity index (χ0v) is 9.98. The second kappa shape index (κ2) is 4.21. The molecular formula is C10H10ClNO2S. The Bertz CT molecular complexity index is 529. The zero-order valence-electron chi connectivity index (χ0n) is 8.41. The molecule has 0 atom stereocenters. The molecule has 0 aromatic heterocycles. The van der Waals surface area contributed by atoms with Gasteiger partial charge >= 0.3 is 0 Å². The summed E-state index contributed by atoms with van der Waals surface area (Å²) in [6.45, 7) is 3.57. The minimum Gasteiger partial charge on any atom is -0.207 e. The molecule has 3 nitrogen and oxygen atoms in total. The second-order valence-corrected chi connectivity index (χ2v) is 5.70. The number of hydrogen-bond donors (Lipinski definition) is 0. The lowest BCUT2D eigenvalue weighted by molar-refractivity contribution is 0.608. The Morgan fingerprint density at radius 2 is 2.07 bits per heavy atom. The normalized spacial score (nSPS) is 11.1. The van der Waals surface area contributed by atoms with E-state index in [0.717, 1.165) is 12.0 Å². The Morgan fingerprint density at radius 3 is 2.47 bits per heavy atom. The molecule has 0 N–H and O–H groups in total. The molecule has 0 heterocycles. The van der Waals surface area contributed by atoms with E-state index in [1.807, 2.05) is 13.0 Å². The van der Waals surface area contributed by atoms with Crippen molar-refractivity contribution in [1.82, 2.24) is 0 Å². The average Bonchev–Trinajstić information content (AvgIpc) is 2.14. The monoisotopic (exact) mass is 243 g/mol. The summed E-state index contributed by atoms with van der Waals surface area (Å²) in [7, 11) is 1.41. The van der Waals surface area contributed by atoms with E-state index in [9.17, 15) is 8.42 Å². The van der Waals surface area contributed by atoms with E-state index in [1.54, 1.807) is 19.1 Å². The highest BCUT2D eigenvalue weighted by molar-refractivity contribution is 8.13. The van der Waals surface area contributed by atoms with Crippen molar-refractivity contribution >= 4 is 19.7 Å². The minimum atomic E-state index is -3.85. The van der Waals surface area contributed by atoms with Crippen LogP contribution in [0.1, 0.15) is 23.6 Å². The predicted octanol–water partition coefficient (Wildman–Crippen LogP) is 2.36. The number of benzene rings is 1. The second-order valence-electron chi connectivity index (χ2n) is 3.19. The third kappa shape index (κ3) is 2.49. The molecule has 0 aliphatic carbocycles. The number of aryl methyl sites for hydroxylation is 2. The van der Waals surface area contributed by atoms with Crippen LogP contribution in [0.15, 0.2) is 17.0 Å². The highest BCUT2D eigenvalue weighted by Gasteiger charge is 2.19. The smallest absolute Gasteiger partial charge is 0.207 e. The van der Waals surface area contributed by atoms with Gasteiger partial charge in [0.2, 0.25) is 0 Å². The molecule has 80 valence electrons. The molecule has 0 bridgehead atoms. The Kier molecular flexibility index (Phi) is 3.38. The van der Waals surface area contributed by atoms with Gasteiger partial charge in [-0.2, -0.15) is 5.26 Å². The lowest BCUT2D eigenvalue weighted by atomic mass is 10.1. The Hall–Kier alpha value is -1.05. The molecule has 15 heavy (non-hydrogen) atoms. The van der Waals surface area contributed by atoms with Gasteiger partial charge in [0.05, 0.1) is 5.56 Å². The van der Waals surface area contributed by atoms with E-state index >= 15 is 0 Å². The molecule has 0 amide bonds. The van der Waals surface area contributed by atoms with Gasteiger partial charge in [-0.15, -0.1) is 0 Å². The van der Waals surface area contributed by atoms with Crippen LogP contribution in [0.2, 0.25) is 0 Å². The van der Waals surface area contributed by atoms with Gasteiger partial charge in [0.25, 0.3) is 9.05 Å². The summed E-state index contributed by atoms with van der Waals surface area (Å²) in [5.41, 5.74) is 1.55.